The van der Waals surface area contributed by atoms with E-state index in [2.05, 4.69) is 38.3 Å². The first kappa shape index (κ1) is 20.2. The fraction of sp³-hybridized carbons (Fsp3) is 0.667. The maximum absolute atomic E-state index is 12.9. The molecule has 2 rings (SSSR count). The summed E-state index contributed by atoms with van der Waals surface area (Å²) in [6.07, 6.45) is 0.674. The number of ether oxygens (including phenoxy) is 1. The smallest absolute Gasteiger partial charge is 0.341 e. The molecule has 0 aliphatic carbocycles. The van der Waals surface area contributed by atoms with E-state index in [0.717, 1.165) is 10.4 Å². The van der Waals surface area contributed by atoms with Gasteiger partial charge in [-0.3, -0.25) is 4.79 Å². The van der Waals surface area contributed by atoms with Gasteiger partial charge in [-0.2, -0.15) is 0 Å². The lowest BCUT2D eigenvalue weighted by Crippen LogP contribution is -2.55. The van der Waals surface area contributed by atoms with Crippen LogP contribution in [0.3, 0.4) is 0 Å². The Kier molecular flexibility index (Phi) is 5.30. The van der Waals surface area contributed by atoms with Crippen LogP contribution in [0.4, 0.5) is 5.00 Å². The van der Waals surface area contributed by atoms with Gasteiger partial charge in [0.25, 0.3) is 0 Å². The molecule has 1 aliphatic heterocycles. The van der Waals surface area contributed by atoms with E-state index < -0.39 is 11.6 Å². The molecule has 0 aromatic carbocycles. The van der Waals surface area contributed by atoms with Crippen LogP contribution >= 0.6 is 22.9 Å². The quantitative estimate of drug-likeness (QED) is 0.607. The maximum atomic E-state index is 12.9. The van der Waals surface area contributed by atoms with Crippen molar-refractivity contribution in [3.05, 3.63) is 16.0 Å². The average Bonchev–Trinajstić information content (AvgIpc) is 2.73. The standard InChI is InChI=1S/C18H27ClN2O3S/c1-16(2,3)24-15(23)12-10-8-17(4,5)21-18(6,7)13(10)25-14(12)20-11(22)9-19/h21H,8-9H2,1-7H3,(H,20,22). The summed E-state index contributed by atoms with van der Waals surface area (Å²) >= 11 is 7.05. The molecule has 1 amide bonds. The number of hydrogen-bond donors (Lipinski definition) is 2. The summed E-state index contributed by atoms with van der Waals surface area (Å²) in [6.45, 7) is 13.9. The molecule has 0 saturated carbocycles. The Balaban J connectivity index is 2.60. The van der Waals surface area contributed by atoms with E-state index in [1.165, 1.54) is 11.3 Å². The molecule has 2 N–H and O–H groups in total. The van der Waals surface area contributed by atoms with Crippen molar-refractivity contribution in [3.63, 3.8) is 0 Å². The maximum Gasteiger partial charge on any atom is 0.341 e. The number of carbonyl (C=O) groups excluding carboxylic acids is 2. The van der Waals surface area contributed by atoms with Crippen LogP contribution in [0.2, 0.25) is 0 Å². The SMILES string of the molecule is CC1(C)Cc2c(sc(NC(=O)CCl)c2C(=O)OC(C)(C)C)C(C)(C)N1. The van der Waals surface area contributed by atoms with Crippen LogP contribution in [0.15, 0.2) is 0 Å². The molecule has 0 atom stereocenters. The lowest BCUT2D eigenvalue weighted by Gasteiger charge is -2.42. The van der Waals surface area contributed by atoms with Crippen molar-refractivity contribution in [3.8, 4) is 0 Å². The first-order valence-corrected chi connectivity index (χ1v) is 9.65. The highest BCUT2D eigenvalue weighted by molar-refractivity contribution is 7.17. The van der Waals surface area contributed by atoms with Crippen LogP contribution < -0.4 is 10.6 Å². The summed E-state index contributed by atoms with van der Waals surface area (Å²) in [5.74, 6) is -0.915. The van der Waals surface area contributed by atoms with Gasteiger partial charge in [0, 0.05) is 16.0 Å². The van der Waals surface area contributed by atoms with Crippen molar-refractivity contribution in [1.82, 2.24) is 5.32 Å². The topological polar surface area (TPSA) is 67.4 Å². The van der Waals surface area contributed by atoms with Crippen molar-refractivity contribution in [2.45, 2.75) is 71.6 Å². The minimum absolute atomic E-state index is 0.163. The monoisotopic (exact) mass is 386 g/mol. The first-order valence-electron chi connectivity index (χ1n) is 8.30. The molecule has 1 aliphatic rings. The normalized spacial score (nSPS) is 18.4. The van der Waals surface area contributed by atoms with E-state index in [9.17, 15) is 9.59 Å². The number of rotatable bonds is 3. The zero-order valence-corrected chi connectivity index (χ0v) is 17.5. The Morgan fingerprint density at radius 1 is 1.28 bits per heavy atom. The molecule has 5 nitrogen and oxygen atoms in total. The van der Waals surface area contributed by atoms with Crippen LogP contribution in [0.25, 0.3) is 0 Å². The van der Waals surface area contributed by atoms with E-state index in [0.29, 0.717) is 17.0 Å². The molecule has 0 saturated heterocycles. The molecule has 0 bridgehead atoms. The number of thiophene rings is 1. The fourth-order valence-electron chi connectivity index (χ4n) is 3.32. The Labute approximate surface area is 158 Å². The van der Waals surface area contributed by atoms with Crippen LogP contribution in [0.5, 0.6) is 0 Å². The number of fused-ring (bicyclic) bond motifs is 1. The molecular formula is C18H27ClN2O3S. The third kappa shape index (κ3) is 4.54. The molecule has 0 radical (unpaired) electrons. The number of nitrogens with one attached hydrogen (secondary N) is 2. The predicted molar refractivity (Wildman–Crippen MR) is 103 cm³/mol. The van der Waals surface area contributed by atoms with E-state index >= 15 is 0 Å². The second-order valence-corrected chi connectivity index (χ2v) is 9.90. The summed E-state index contributed by atoms with van der Waals surface area (Å²) in [6, 6.07) is 0. The van der Waals surface area contributed by atoms with Crippen molar-refractivity contribution in [2.75, 3.05) is 11.2 Å². The fourth-order valence-corrected chi connectivity index (χ4v) is 4.67. The molecule has 2 heterocycles. The van der Waals surface area contributed by atoms with E-state index in [1.54, 1.807) is 0 Å². The van der Waals surface area contributed by atoms with Gasteiger partial charge in [-0.15, -0.1) is 22.9 Å². The average molecular weight is 387 g/mol. The minimum atomic E-state index is -0.613. The van der Waals surface area contributed by atoms with Gasteiger partial charge >= 0.3 is 5.97 Å². The highest BCUT2D eigenvalue weighted by Crippen LogP contribution is 2.45. The van der Waals surface area contributed by atoms with Gasteiger partial charge in [-0.1, -0.05) is 0 Å². The van der Waals surface area contributed by atoms with Gasteiger partial charge in [0.15, 0.2) is 0 Å². The number of anilines is 1. The third-order valence-electron chi connectivity index (χ3n) is 3.82. The van der Waals surface area contributed by atoms with E-state index in [4.69, 9.17) is 16.3 Å². The minimum Gasteiger partial charge on any atom is -0.456 e. The second kappa shape index (κ2) is 6.56. The molecule has 0 fully saturated rings. The Hall–Kier alpha value is -1.11. The van der Waals surface area contributed by atoms with Crippen LogP contribution in [0, 0.1) is 0 Å². The van der Waals surface area contributed by atoms with Gasteiger partial charge in [-0.05, 0) is 60.5 Å². The lowest BCUT2D eigenvalue weighted by molar-refractivity contribution is -0.113. The summed E-state index contributed by atoms with van der Waals surface area (Å²) in [5.41, 5.74) is 0.288. The molecule has 25 heavy (non-hydrogen) atoms. The number of alkyl halides is 1. The van der Waals surface area contributed by atoms with Crippen molar-refractivity contribution < 1.29 is 14.3 Å². The van der Waals surface area contributed by atoms with Gasteiger partial charge in [-0.25, -0.2) is 4.79 Å². The summed E-state index contributed by atoms with van der Waals surface area (Å²) in [5, 5.41) is 6.88. The van der Waals surface area contributed by atoms with Crippen molar-refractivity contribution in [2.24, 2.45) is 0 Å². The number of carbonyl (C=O) groups is 2. The van der Waals surface area contributed by atoms with Gasteiger partial charge in [0.2, 0.25) is 5.91 Å². The van der Waals surface area contributed by atoms with Crippen LogP contribution in [0.1, 0.15) is 69.3 Å². The number of amides is 1. The highest BCUT2D eigenvalue weighted by atomic mass is 35.5. The predicted octanol–water partition coefficient (Wildman–Crippen LogP) is 4.04. The Morgan fingerprint density at radius 2 is 1.88 bits per heavy atom. The zero-order valence-electron chi connectivity index (χ0n) is 15.9. The molecule has 0 unspecified atom stereocenters. The Bertz CT molecular complexity index is 702. The Morgan fingerprint density at radius 3 is 2.40 bits per heavy atom. The van der Waals surface area contributed by atoms with E-state index in [1.807, 2.05) is 20.8 Å². The zero-order chi connectivity index (χ0) is 19.2. The van der Waals surface area contributed by atoms with Gasteiger partial charge in [0.05, 0.1) is 5.56 Å². The van der Waals surface area contributed by atoms with Gasteiger partial charge < -0.3 is 15.4 Å². The second-order valence-electron chi connectivity index (χ2n) is 8.61. The van der Waals surface area contributed by atoms with E-state index in [-0.39, 0.29) is 22.9 Å². The van der Waals surface area contributed by atoms with Crippen molar-refractivity contribution >= 4 is 39.8 Å². The molecule has 7 heteroatoms. The molecule has 0 spiro atoms. The molecule has 140 valence electrons. The number of esters is 1. The summed E-state index contributed by atoms with van der Waals surface area (Å²) in [7, 11) is 0. The third-order valence-corrected chi connectivity index (χ3v) is 5.54. The highest BCUT2D eigenvalue weighted by Gasteiger charge is 2.42. The number of hydrogen-bond acceptors (Lipinski definition) is 5. The first-order chi connectivity index (χ1) is 11.3. The summed E-state index contributed by atoms with van der Waals surface area (Å²) in [4.78, 5) is 25.8. The van der Waals surface area contributed by atoms with Crippen LogP contribution in [-0.4, -0.2) is 28.9 Å². The van der Waals surface area contributed by atoms with Crippen LogP contribution in [-0.2, 0) is 21.5 Å². The number of halogens is 1. The molecule has 1 aromatic heterocycles. The summed E-state index contributed by atoms with van der Waals surface area (Å²) < 4.78 is 5.60. The largest absolute Gasteiger partial charge is 0.456 e. The van der Waals surface area contributed by atoms with Crippen molar-refractivity contribution in [1.29, 1.82) is 0 Å². The van der Waals surface area contributed by atoms with Gasteiger partial charge in [0.1, 0.15) is 16.5 Å². The lowest BCUT2D eigenvalue weighted by atomic mass is 9.81. The molecule has 1 aromatic rings. The molecular weight excluding hydrogens is 360 g/mol.